The molecule has 0 aromatic rings. The third kappa shape index (κ3) is 10.0. The molecule has 0 heterocycles. The van der Waals surface area contributed by atoms with Crippen molar-refractivity contribution >= 4 is 5.97 Å². The molecule has 2 heteroatoms. The van der Waals surface area contributed by atoms with Gasteiger partial charge in [-0.3, -0.25) is 4.79 Å². The summed E-state index contributed by atoms with van der Waals surface area (Å²) in [6.07, 6.45) is 6.52. The van der Waals surface area contributed by atoms with E-state index in [2.05, 4.69) is 27.7 Å². The Morgan fingerprint density at radius 1 is 1.19 bits per heavy atom. The van der Waals surface area contributed by atoms with Crippen molar-refractivity contribution in [2.75, 3.05) is 0 Å². The van der Waals surface area contributed by atoms with Gasteiger partial charge in [-0.2, -0.15) is 0 Å². The van der Waals surface area contributed by atoms with Gasteiger partial charge in [0.2, 0.25) is 0 Å². The van der Waals surface area contributed by atoms with Crippen molar-refractivity contribution in [1.29, 1.82) is 0 Å². The minimum Gasteiger partial charge on any atom is -0.463 e. The van der Waals surface area contributed by atoms with Gasteiger partial charge in [-0.25, -0.2) is 0 Å². The molecule has 2 nitrogen and oxygen atoms in total. The fraction of sp³-hybridized carbons (Fsp3) is 0.929. The Morgan fingerprint density at radius 2 is 1.81 bits per heavy atom. The first-order chi connectivity index (χ1) is 7.35. The van der Waals surface area contributed by atoms with E-state index in [1.165, 1.54) is 19.3 Å². The van der Waals surface area contributed by atoms with Crippen molar-refractivity contribution in [3.8, 4) is 0 Å². The lowest BCUT2D eigenvalue weighted by Gasteiger charge is -2.19. The van der Waals surface area contributed by atoms with E-state index in [-0.39, 0.29) is 17.5 Å². The van der Waals surface area contributed by atoms with E-state index in [0.29, 0.717) is 6.42 Å². The lowest BCUT2D eigenvalue weighted by molar-refractivity contribution is -0.150. The van der Waals surface area contributed by atoms with Crippen molar-refractivity contribution in [3.63, 3.8) is 0 Å². The van der Waals surface area contributed by atoms with Crippen LogP contribution >= 0.6 is 0 Å². The molecule has 0 aromatic heterocycles. The largest absolute Gasteiger partial charge is 0.463 e. The van der Waals surface area contributed by atoms with Crippen LogP contribution in [0.5, 0.6) is 0 Å². The Kier molecular flexibility index (Phi) is 7.44. The molecule has 0 amide bonds. The van der Waals surface area contributed by atoms with Crippen molar-refractivity contribution < 1.29 is 9.53 Å². The van der Waals surface area contributed by atoms with Crippen molar-refractivity contribution in [2.24, 2.45) is 5.41 Å². The van der Waals surface area contributed by atoms with Gasteiger partial charge in [0.25, 0.3) is 0 Å². The summed E-state index contributed by atoms with van der Waals surface area (Å²) < 4.78 is 5.37. The molecule has 0 aromatic carbocycles. The lowest BCUT2D eigenvalue weighted by atomic mass is 9.92. The number of esters is 1. The van der Waals surface area contributed by atoms with Gasteiger partial charge in [-0.05, 0) is 25.2 Å². The van der Waals surface area contributed by atoms with E-state index in [4.69, 9.17) is 4.74 Å². The van der Waals surface area contributed by atoms with E-state index >= 15 is 0 Å². The quantitative estimate of drug-likeness (QED) is 0.479. The van der Waals surface area contributed by atoms with E-state index in [0.717, 1.165) is 12.8 Å². The molecular weight excluding hydrogens is 200 g/mol. The fourth-order valence-electron chi connectivity index (χ4n) is 1.62. The van der Waals surface area contributed by atoms with Crippen LogP contribution in [0.2, 0.25) is 0 Å². The Morgan fingerprint density at radius 3 is 2.31 bits per heavy atom. The highest BCUT2D eigenvalue weighted by Gasteiger charge is 2.18. The molecule has 0 radical (unpaired) electrons. The molecule has 0 spiro atoms. The molecule has 1 unspecified atom stereocenters. The van der Waals surface area contributed by atoms with Gasteiger partial charge in [0.15, 0.2) is 0 Å². The second-order valence-electron chi connectivity index (χ2n) is 5.89. The summed E-state index contributed by atoms with van der Waals surface area (Å²) in [5, 5.41) is 0. The number of hydrogen-bond donors (Lipinski definition) is 0. The van der Waals surface area contributed by atoms with Gasteiger partial charge < -0.3 is 4.74 Å². The lowest BCUT2D eigenvalue weighted by Crippen LogP contribution is -2.20. The standard InChI is InChI=1S/C14H28O2/c1-6-7-8-9-10-12(2)16-13(15)11-14(3,4)5/h12H,6-11H2,1-5H3. The van der Waals surface area contributed by atoms with Crippen LogP contribution in [-0.4, -0.2) is 12.1 Å². The predicted octanol–water partition coefficient (Wildman–Crippen LogP) is 4.32. The summed E-state index contributed by atoms with van der Waals surface area (Å²) >= 11 is 0. The number of hydrogen-bond acceptors (Lipinski definition) is 2. The summed E-state index contributed by atoms with van der Waals surface area (Å²) in [6.45, 7) is 10.4. The highest BCUT2D eigenvalue weighted by atomic mass is 16.5. The molecule has 0 N–H and O–H groups in total. The predicted molar refractivity (Wildman–Crippen MR) is 68.4 cm³/mol. The summed E-state index contributed by atoms with van der Waals surface area (Å²) in [5.74, 6) is -0.0597. The maximum Gasteiger partial charge on any atom is 0.306 e. The highest BCUT2D eigenvalue weighted by Crippen LogP contribution is 2.20. The van der Waals surface area contributed by atoms with Gasteiger partial charge in [0.1, 0.15) is 0 Å². The molecule has 1 atom stereocenters. The molecule has 0 saturated heterocycles. The topological polar surface area (TPSA) is 26.3 Å². The average molecular weight is 228 g/mol. The van der Waals surface area contributed by atoms with Crippen molar-refractivity contribution in [2.45, 2.75) is 79.2 Å². The van der Waals surface area contributed by atoms with Gasteiger partial charge in [0, 0.05) is 0 Å². The van der Waals surface area contributed by atoms with Crippen LogP contribution in [0.1, 0.15) is 73.1 Å². The second-order valence-corrected chi connectivity index (χ2v) is 5.89. The summed E-state index contributed by atoms with van der Waals surface area (Å²) in [6, 6.07) is 0. The SMILES string of the molecule is CCCCCCC(C)OC(=O)CC(C)(C)C. The van der Waals surface area contributed by atoms with Gasteiger partial charge >= 0.3 is 5.97 Å². The zero-order valence-corrected chi connectivity index (χ0v) is 11.6. The Hall–Kier alpha value is -0.530. The zero-order valence-electron chi connectivity index (χ0n) is 11.6. The summed E-state index contributed by atoms with van der Waals surface area (Å²) in [5.41, 5.74) is 0.0268. The van der Waals surface area contributed by atoms with Crippen LogP contribution in [-0.2, 0) is 9.53 Å². The first-order valence-corrected chi connectivity index (χ1v) is 6.54. The monoisotopic (exact) mass is 228 g/mol. The molecule has 0 rings (SSSR count). The fourth-order valence-corrected chi connectivity index (χ4v) is 1.62. The summed E-state index contributed by atoms with van der Waals surface area (Å²) in [4.78, 5) is 11.5. The molecule has 0 saturated carbocycles. The molecular formula is C14H28O2. The summed E-state index contributed by atoms with van der Waals surface area (Å²) in [7, 11) is 0. The minimum absolute atomic E-state index is 0.0268. The first kappa shape index (κ1) is 15.5. The third-order valence-electron chi connectivity index (χ3n) is 2.47. The van der Waals surface area contributed by atoms with Crippen LogP contribution in [0.25, 0.3) is 0 Å². The Bertz CT molecular complexity index is 191. The normalized spacial score (nSPS) is 13.6. The second kappa shape index (κ2) is 7.70. The minimum atomic E-state index is -0.0597. The van der Waals surface area contributed by atoms with Gasteiger partial charge in [-0.1, -0.05) is 47.0 Å². The molecule has 0 aliphatic heterocycles. The number of carbonyl (C=O) groups excluding carboxylic acids is 1. The van der Waals surface area contributed by atoms with Gasteiger partial charge in [-0.15, -0.1) is 0 Å². The highest BCUT2D eigenvalue weighted by molar-refractivity contribution is 5.70. The Labute approximate surface area is 101 Å². The van der Waals surface area contributed by atoms with Gasteiger partial charge in [0.05, 0.1) is 12.5 Å². The van der Waals surface area contributed by atoms with Crippen molar-refractivity contribution in [3.05, 3.63) is 0 Å². The zero-order chi connectivity index (χ0) is 12.6. The van der Waals surface area contributed by atoms with E-state index in [9.17, 15) is 4.79 Å². The van der Waals surface area contributed by atoms with Crippen LogP contribution in [0.15, 0.2) is 0 Å². The number of ether oxygens (including phenoxy) is 1. The molecule has 0 aliphatic carbocycles. The van der Waals surface area contributed by atoms with Crippen LogP contribution in [0, 0.1) is 5.41 Å². The Balaban J connectivity index is 3.62. The van der Waals surface area contributed by atoms with Crippen LogP contribution < -0.4 is 0 Å². The molecule has 0 aliphatic rings. The molecule has 0 bridgehead atoms. The third-order valence-corrected chi connectivity index (χ3v) is 2.47. The van der Waals surface area contributed by atoms with E-state index < -0.39 is 0 Å². The molecule has 0 fully saturated rings. The van der Waals surface area contributed by atoms with Crippen molar-refractivity contribution in [1.82, 2.24) is 0 Å². The maximum absolute atomic E-state index is 11.5. The molecule has 96 valence electrons. The van der Waals surface area contributed by atoms with E-state index in [1.54, 1.807) is 0 Å². The van der Waals surface area contributed by atoms with E-state index in [1.807, 2.05) is 6.92 Å². The van der Waals surface area contributed by atoms with Crippen LogP contribution in [0.4, 0.5) is 0 Å². The average Bonchev–Trinajstić information content (AvgIpc) is 2.09. The number of unbranched alkanes of at least 4 members (excludes halogenated alkanes) is 3. The first-order valence-electron chi connectivity index (χ1n) is 6.54. The maximum atomic E-state index is 11.5. The number of rotatable bonds is 7. The van der Waals surface area contributed by atoms with Crippen LogP contribution in [0.3, 0.4) is 0 Å². The smallest absolute Gasteiger partial charge is 0.306 e. The molecule has 16 heavy (non-hydrogen) atoms. The number of carbonyl (C=O) groups is 1.